The molecule has 2 aromatic rings. The summed E-state index contributed by atoms with van der Waals surface area (Å²) in [4.78, 5) is 11.1. The van der Waals surface area contributed by atoms with Crippen molar-refractivity contribution in [2.75, 3.05) is 0 Å². The molecule has 0 N–H and O–H groups in total. The highest BCUT2D eigenvalue weighted by molar-refractivity contribution is 6.01. The quantitative estimate of drug-likeness (QED) is 0.669. The molecule has 0 spiro atoms. The first-order valence-electron chi connectivity index (χ1n) is 4.96. The van der Waals surface area contributed by atoms with Crippen LogP contribution >= 0.6 is 0 Å². The van der Waals surface area contributed by atoms with Crippen molar-refractivity contribution in [2.45, 2.75) is 6.92 Å². The molecule has 74 valence electrons. The number of fused-ring (bicyclic) bond motifs is 1. The number of carbonyl (C=O) groups excluding carboxylic acids is 1. The number of carbonyl (C=O) groups is 1. The Hall–Kier alpha value is -1.89. The highest BCUT2D eigenvalue weighted by atomic mass is 16.1. The average molecular weight is 196 g/mol. The molecule has 2 rings (SSSR count). The third-order valence-corrected chi connectivity index (χ3v) is 2.47. The Morgan fingerprint density at radius 2 is 1.87 bits per heavy atom. The van der Waals surface area contributed by atoms with Gasteiger partial charge in [-0.2, -0.15) is 0 Å². The third kappa shape index (κ3) is 1.68. The van der Waals surface area contributed by atoms with Crippen LogP contribution in [-0.2, 0) is 0 Å². The van der Waals surface area contributed by atoms with Gasteiger partial charge in [-0.1, -0.05) is 48.6 Å². The molecule has 0 aromatic heterocycles. The highest BCUT2D eigenvalue weighted by Crippen LogP contribution is 2.21. The lowest BCUT2D eigenvalue weighted by atomic mass is 9.99. The number of hydrogen-bond donors (Lipinski definition) is 0. The van der Waals surface area contributed by atoms with Crippen LogP contribution in [0.4, 0.5) is 0 Å². The molecule has 1 heteroatoms. The zero-order chi connectivity index (χ0) is 10.7. The van der Waals surface area contributed by atoms with Crippen LogP contribution in [0.2, 0.25) is 0 Å². The molecule has 0 unspecified atom stereocenters. The zero-order valence-electron chi connectivity index (χ0n) is 8.60. The summed E-state index contributed by atoms with van der Waals surface area (Å²) in [5.74, 6) is 0. The van der Waals surface area contributed by atoms with E-state index in [0.717, 1.165) is 28.2 Å². The minimum absolute atomic E-state index is 0.770. The normalized spacial score (nSPS) is 11.0. The fourth-order valence-electron chi connectivity index (χ4n) is 1.77. The summed E-state index contributed by atoms with van der Waals surface area (Å²) in [6.45, 7) is 1.95. The molecule has 15 heavy (non-hydrogen) atoms. The van der Waals surface area contributed by atoms with Gasteiger partial charge in [-0.05, 0) is 23.3 Å². The molecule has 0 aliphatic rings. The molecule has 0 aliphatic carbocycles. The van der Waals surface area contributed by atoms with Gasteiger partial charge in [-0.15, -0.1) is 0 Å². The fraction of sp³-hybridized carbons (Fsp3) is 0.0714. The van der Waals surface area contributed by atoms with E-state index in [1.54, 1.807) is 0 Å². The van der Waals surface area contributed by atoms with Gasteiger partial charge in [0.1, 0.15) is 0 Å². The Kier molecular flexibility index (Phi) is 2.64. The van der Waals surface area contributed by atoms with Gasteiger partial charge < -0.3 is 0 Å². The lowest BCUT2D eigenvalue weighted by Crippen LogP contribution is -1.88. The van der Waals surface area contributed by atoms with E-state index in [2.05, 4.69) is 0 Å². The van der Waals surface area contributed by atoms with Gasteiger partial charge in [-0.3, -0.25) is 4.79 Å². The molecule has 1 nitrogen and oxygen atoms in total. The van der Waals surface area contributed by atoms with Gasteiger partial charge in [0.05, 0.1) is 0 Å². The van der Waals surface area contributed by atoms with Crippen molar-refractivity contribution in [3.05, 3.63) is 53.6 Å². The second-order valence-corrected chi connectivity index (χ2v) is 3.41. The lowest BCUT2D eigenvalue weighted by molar-refractivity contribution is 0.112. The molecule has 0 amide bonds. The predicted octanol–water partition coefficient (Wildman–Crippen LogP) is 3.69. The van der Waals surface area contributed by atoms with Crippen LogP contribution in [0.3, 0.4) is 0 Å². The predicted molar refractivity (Wildman–Crippen MR) is 64.0 cm³/mol. The second kappa shape index (κ2) is 4.09. The van der Waals surface area contributed by atoms with Crippen molar-refractivity contribution < 1.29 is 4.79 Å². The molecule has 0 aliphatic heterocycles. The van der Waals surface area contributed by atoms with Crippen LogP contribution in [0.1, 0.15) is 22.8 Å². The summed E-state index contributed by atoms with van der Waals surface area (Å²) in [7, 11) is 0. The molecule has 0 atom stereocenters. The topological polar surface area (TPSA) is 17.1 Å². The van der Waals surface area contributed by atoms with Crippen LogP contribution in [0, 0.1) is 0 Å². The van der Waals surface area contributed by atoms with Crippen LogP contribution in [-0.4, -0.2) is 6.29 Å². The van der Waals surface area contributed by atoms with Gasteiger partial charge in [0.15, 0.2) is 6.29 Å². The van der Waals surface area contributed by atoms with E-state index < -0.39 is 0 Å². The summed E-state index contributed by atoms with van der Waals surface area (Å²) >= 11 is 0. The number of aldehydes is 1. The number of allylic oxidation sites excluding steroid dienone is 1. The van der Waals surface area contributed by atoms with Gasteiger partial charge in [0.25, 0.3) is 0 Å². The standard InChI is InChI=1S/C14H12O/c1-2-5-11-8-9-12-6-3-4-7-13(12)14(11)10-15/h2-10H,1H3/b5-2+. The molecular weight excluding hydrogens is 184 g/mol. The molecule has 0 saturated carbocycles. The summed E-state index contributed by atoms with van der Waals surface area (Å²) < 4.78 is 0. The van der Waals surface area contributed by atoms with E-state index in [1.165, 1.54) is 0 Å². The van der Waals surface area contributed by atoms with Gasteiger partial charge in [-0.25, -0.2) is 0 Å². The van der Waals surface area contributed by atoms with Crippen molar-refractivity contribution in [1.29, 1.82) is 0 Å². The minimum Gasteiger partial charge on any atom is -0.298 e. The zero-order valence-corrected chi connectivity index (χ0v) is 8.60. The summed E-state index contributed by atoms with van der Waals surface area (Å²) in [5, 5.41) is 2.12. The Morgan fingerprint density at radius 3 is 2.60 bits per heavy atom. The lowest BCUT2D eigenvalue weighted by Gasteiger charge is -2.04. The van der Waals surface area contributed by atoms with E-state index in [9.17, 15) is 4.79 Å². The maximum atomic E-state index is 11.1. The van der Waals surface area contributed by atoms with E-state index in [4.69, 9.17) is 0 Å². The maximum absolute atomic E-state index is 11.1. The molecule has 0 saturated heterocycles. The van der Waals surface area contributed by atoms with Crippen molar-refractivity contribution in [3.63, 3.8) is 0 Å². The number of hydrogen-bond acceptors (Lipinski definition) is 1. The molecule has 0 heterocycles. The summed E-state index contributed by atoms with van der Waals surface area (Å²) in [6.07, 6.45) is 4.82. The Morgan fingerprint density at radius 1 is 1.07 bits per heavy atom. The smallest absolute Gasteiger partial charge is 0.151 e. The molecular formula is C14H12O. The number of rotatable bonds is 2. The first-order valence-corrected chi connectivity index (χ1v) is 4.96. The average Bonchev–Trinajstić information content (AvgIpc) is 2.29. The molecule has 0 bridgehead atoms. The van der Waals surface area contributed by atoms with Gasteiger partial charge in [0, 0.05) is 5.56 Å². The van der Waals surface area contributed by atoms with E-state index in [-0.39, 0.29) is 0 Å². The van der Waals surface area contributed by atoms with Gasteiger partial charge >= 0.3 is 0 Å². The Bertz CT molecular complexity index is 524. The first-order chi connectivity index (χ1) is 7.36. The van der Waals surface area contributed by atoms with Crippen LogP contribution in [0.25, 0.3) is 16.8 Å². The van der Waals surface area contributed by atoms with E-state index in [1.807, 2.05) is 55.5 Å². The highest BCUT2D eigenvalue weighted by Gasteiger charge is 2.03. The minimum atomic E-state index is 0.770. The third-order valence-electron chi connectivity index (χ3n) is 2.47. The monoisotopic (exact) mass is 196 g/mol. The molecule has 2 aromatic carbocycles. The number of benzene rings is 2. The van der Waals surface area contributed by atoms with Crippen LogP contribution in [0.5, 0.6) is 0 Å². The van der Waals surface area contributed by atoms with E-state index >= 15 is 0 Å². The fourth-order valence-corrected chi connectivity index (χ4v) is 1.77. The Labute approximate surface area is 89.0 Å². The van der Waals surface area contributed by atoms with Crippen LogP contribution in [0.15, 0.2) is 42.5 Å². The van der Waals surface area contributed by atoms with Crippen molar-refractivity contribution in [2.24, 2.45) is 0 Å². The molecule has 0 radical (unpaired) electrons. The van der Waals surface area contributed by atoms with Crippen molar-refractivity contribution in [1.82, 2.24) is 0 Å². The van der Waals surface area contributed by atoms with Crippen molar-refractivity contribution >= 4 is 23.1 Å². The largest absolute Gasteiger partial charge is 0.298 e. The van der Waals surface area contributed by atoms with Crippen LogP contribution < -0.4 is 0 Å². The van der Waals surface area contributed by atoms with E-state index in [0.29, 0.717) is 0 Å². The van der Waals surface area contributed by atoms with Gasteiger partial charge in [0.2, 0.25) is 0 Å². The Balaban J connectivity index is 2.81. The maximum Gasteiger partial charge on any atom is 0.151 e. The molecule has 0 fully saturated rings. The van der Waals surface area contributed by atoms with Crippen molar-refractivity contribution in [3.8, 4) is 0 Å². The second-order valence-electron chi connectivity index (χ2n) is 3.41. The summed E-state index contributed by atoms with van der Waals surface area (Å²) in [6, 6.07) is 11.9. The summed E-state index contributed by atoms with van der Waals surface area (Å²) in [5.41, 5.74) is 1.75. The first kappa shape index (κ1) is 9.66. The SMILES string of the molecule is C/C=C/c1ccc2ccccc2c1C=O.